The van der Waals surface area contributed by atoms with Crippen LogP contribution in [0.25, 0.3) is 0 Å². The second kappa shape index (κ2) is 6.49. The first-order chi connectivity index (χ1) is 11.8. The number of carbonyl (C=O) groups is 1. The Morgan fingerprint density at radius 2 is 1.92 bits per heavy atom. The van der Waals surface area contributed by atoms with E-state index in [0.717, 1.165) is 25.9 Å². The number of nitrogens with two attached hydrogens (primary N) is 1. The summed E-state index contributed by atoms with van der Waals surface area (Å²) < 4.78 is 26.4. The quantitative estimate of drug-likeness (QED) is 0.699. The van der Waals surface area contributed by atoms with Crippen LogP contribution in [0.3, 0.4) is 0 Å². The van der Waals surface area contributed by atoms with Crippen molar-refractivity contribution in [1.29, 1.82) is 0 Å². The summed E-state index contributed by atoms with van der Waals surface area (Å²) in [6.07, 6.45) is 4.74. The largest absolute Gasteiger partial charge is 0.395 e. The predicted octanol–water partition coefficient (Wildman–Crippen LogP) is 1.21. The fourth-order valence-corrected chi connectivity index (χ4v) is 4.40. The van der Waals surface area contributed by atoms with Gasteiger partial charge in [0, 0.05) is 13.1 Å². The van der Waals surface area contributed by atoms with E-state index in [9.17, 15) is 13.2 Å². The van der Waals surface area contributed by atoms with Crippen molar-refractivity contribution in [3.63, 3.8) is 0 Å². The zero-order valence-electron chi connectivity index (χ0n) is 14.4. The Morgan fingerprint density at radius 1 is 1.28 bits per heavy atom. The van der Waals surface area contributed by atoms with Gasteiger partial charge in [-0.2, -0.15) is 0 Å². The molecule has 1 heterocycles. The Morgan fingerprint density at radius 3 is 2.44 bits per heavy atom. The monoisotopic (exact) mass is 367 g/mol. The smallest absolute Gasteiger partial charge is 0.250 e. The summed E-state index contributed by atoms with van der Waals surface area (Å²) >= 11 is 0. The number of aliphatic hydroxyl groups excluding tert-OH is 1. The maximum atomic E-state index is 12.0. The highest BCUT2D eigenvalue weighted by molar-refractivity contribution is 7.92. The second-order valence-electron chi connectivity index (χ2n) is 7.18. The van der Waals surface area contributed by atoms with Crippen LogP contribution in [0.15, 0.2) is 12.1 Å². The number of anilines is 2. The zero-order chi connectivity index (χ0) is 18.2. The van der Waals surface area contributed by atoms with Gasteiger partial charge in [0.15, 0.2) is 0 Å². The molecule has 2 fully saturated rings. The maximum absolute atomic E-state index is 12.0. The van der Waals surface area contributed by atoms with Crippen LogP contribution >= 0.6 is 0 Å². The highest BCUT2D eigenvalue weighted by Crippen LogP contribution is 2.54. The SMILES string of the molecule is Cc1cc(C(N)=O)c(N2CCC3(CC2)CC3)cc1NS(=O)(=O)CCO. The van der Waals surface area contributed by atoms with Gasteiger partial charge in [0.1, 0.15) is 0 Å². The van der Waals surface area contributed by atoms with Crippen molar-refractivity contribution >= 4 is 27.3 Å². The first-order valence-corrected chi connectivity index (χ1v) is 10.2. The van der Waals surface area contributed by atoms with Gasteiger partial charge in [-0.3, -0.25) is 9.52 Å². The normalized spacial score (nSPS) is 19.0. The van der Waals surface area contributed by atoms with Crippen molar-refractivity contribution in [3.05, 3.63) is 23.3 Å². The maximum Gasteiger partial charge on any atom is 0.250 e. The Balaban J connectivity index is 1.91. The lowest BCUT2D eigenvalue weighted by atomic mass is 9.92. The first kappa shape index (κ1) is 18.0. The summed E-state index contributed by atoms with van der Waals surface area (Å²) in [5, 5.41) is 8.89. The van der Waals surface area contributed by atoms with E-state index in [2.05, 4.69) is 9.62 Å². The summed E-state index contributed by atoms with van der Waals surface area (Å²) in [5.41, 5.74) is 8.17. The van der Waals surface area contributed by atoms with Gasteiger partial charge in [0.2, 0.25) is 10.0 Å². The minimum absolute atomic E-state index is 0.369. The number of rotatable bonds is 6. The molecule has 1 saturated heterocycles. The third-order valence-electron chi connectivity index (χ3n) is 5.36. The molecule has 3 rings (SSSR count). The number of carbonyl (C=O) groups excluding carboxylic acids is 1. The molecule has 8 heteroatoms. The molecule has 0 aromatic heterocycles. The van der Waals surface area contributed by atoms with Gasteiger partial charge in [0.25, 0.3) is 5.91 Å². The van der Waals surface area contributed by atoms with E-state index in [1.54, 1.807) is 19.1 Å². The number of nitrogens with one attached hydrogen (secondary N) is 1. The number of hydrogen-bond donors (Lipinski definition) is 3. The van der Waals surface area contributed by atoms with E-state index in [-0.39, 0.29) is 5.75 Å². The number of hydrogen-bond acceptors (Lipinski definition) is 5. The summed E-state index contributed by atoms with van der Waals surface area (Å²) in [6.45, 7) is 2.95. The van der Waals surface area contributed by atoms with Gasteiger partial charge in [-0.15, -0.1) is 0 Å². The van der Waals surface area contributed by atoms with Crippen molar-refractivity contribution in [2.24, 2.45) is 11.1 Å². The van der Waals surface area contributed by atoms with Crippen molar-refractivity contribution in [3.8, 4) is 0 Å². The third kappa shape index (κ3) is 3.90. The van der Waals surface area contributed by atoms with E-state index in [1.165, 1.54) is 12.8 Å². The Hall–Kier alpha value is -1.80. The van der Waals surface area contributed by atoms with Gasteiger partial charge < -0.3 is 15.7 Å². The van der Waals surface area contributed by atoms with E-state index in [0.29, 0.717) is 27.9 Å². The number of primary amides is 1. The van der Waals surface area contributed by atoms with Gasteiger partial charge in [0.05, 0.1) is 29.3 Å². The lowest BCUT2D eigenvalue weighted by Gasteiger charge is -2.35. The van der Waals surface area contributed by atoms with Gasteiger partial charge in [-0.25, -0.2) is 8.42 Å². The topological polar surface area (TPSA) is 113 Å². The Bertz CT molecular complexity index is 777. The van der Waals surface area contributed by atoms with Crippen LogP contribution < -0.4 is 15.4 Å². The molecule has 7 nitrogen and oxygen atoms in total. The lowest BCUT2D eigenvalue weighted by molar-refractivity contribution is 0.100. The van der Waals surface area contributed by atoms with Crippen molar-refractivity contribution in [2.75, 3.05) is 35.1 Å². The van der Waals surface area contributed by atoms with Crippen LogP contribution in [0, 0.1) is 12.3 Å². The molecular weight excluding hydrogens is 342 g/mol. The van der Waals surface area contributed by atoms with Crippen LogP contribution in [-0.4, -0.2) is 44.9 Å². The first-order valence-electron chi connectivity index (χ1n) is 8.56. The molecular formula is C17H25N3O4S. The predicted molar refractivity (Wildman–Crippen MR) is 97.3 cm³/mol. The summed E-state index contributed by atoms with van der Waals surface area (Å²) in [5.74, 6) is -0.888. The van der Waals surface area contributed by atoms with E-state index >= 15 is 0 Å². The van der Waals surface area contributed by atoms with Crippen molar-refractivity contribution in [1.82, 2.24) is 0 Å². The average Bonchev–Trinajstić information content (AvgIpc) is 3.28. The highest BCUT2D eigenvalue weighted by atomic mass is 32.2. The zero-order valence-corrected chi connectivity index (χ0v) is 15.2. The molecule has 1 aliphatic carbocycles. The molecule has 1 spiro atoms. The molecule has 138 valence electrons. The number of amides is 1. The number of benzene rings is 1. The molecule has 1 amide bonds. The van der Waals surface area contributed by atoms with Crippen LogP contribution in [0.2, 0.25) is 0 Å². The average molecular weight is 367 g/mol. The number of piperidine rings is 1. The fourth-order valence-electron chi connectivity index (χ4n) is 3.50. The van der Waals surface area contributed by atoms with E-state index < -0.39 is 22.5 Å². The molecule has 1 aliphatic heterocycles. The molecule has 2 aliphatic rings. The molecule has 4 N–H and O–H groups in total. The van der Waals surface area contributed by atoms with E-state index in [4.69, 9.17) is 10.8 Å². The van der Waals surface area contributed by atoms with Crippen LogP contribution in [0.4, 0.5) is 11.4 Å². The number of sulfonamides is 1. The summed E-state index contributed by atoms with van der Waals surface area (Å²) in [7, 11) is -3.63. The summed E-state index contributed by atoms with van der Waals surface area (Å²) in [4.78, 5) is 14.0. The van der Waals surface area contributed by atoms with E-state index in [1.807, 2.05) is 0 Å². The Labute approximate surface area is 148 Å². The minimum atomic E-state index is -3.63. The number of nitrogens with zero attached hydrogens (tertiary/aromatic N) is 1. The third-order valence-corrected chi connectivity index (χ3v) is 6.61. The number of aliphatic hydroxyl groups is 1. The van der Waals surface area contributed by atoms with Crippen molar-refractivity contribution < 1.29 is 18.3 Å². The summed E-state index contributed by atoms with van der Waals surface area (Å²) in [6, 6.07) is 3.32. The molecule has 1 saturated carbocycles. The van der Waals surface area contributed by atoms with Gasteiger partial charge in [-0.1, -0.05) is 0 Å². The van der Waals surface area contributed by atoms with Gasteiger partial charge >= 0.3 is 0 Å². The van der Waals surface area contributed by atoms with Crippen LogP contribution in [0.5, 0.6) is 0 Å². The molecule has 0 unspecified atom stereocenters. The second-order valence-corrected chi connectivity index (χ2v) is 9.02. The Kier molecular flexibility index (Phi) is 4.68. The molecule has 0 bridgehead atoms. The van der Waals surface area contributed by atoms with Crippen LogP contribution in [0.1, 0.15) is 41.6 Å². The fraction of sp³-hybridized carbons (Fsp3) is 0.588. The number of aryl methyl sites for hydroxylation is 1. The minimum Gasteiger partial charge on any atom is -0.395 e. The molecule has 1 aromatic rings. The molecule has 0 radical (unpaired) electrons. The molecule has 1 aromatic carbocycles. The van der Waals surface area contributed by atoms with Gasteiger partial charge in [-0.05, 0) is 55.7 Å². The van der Waals surface area contributed by atoms with Crippen molar-refractivity contribution in [2.45, 2.75) is 32.6 Å². The molecule has 25 heavy (non-hydrogen) atoms. The van der Waals surface area contributed by atoms with Crippen LogP contribution in [-0.2, 0) is 10.0 Å². The highest BCUT2D eigenvalue weighted by Gasteiger charge is 2.44. The molecule has 0 atom stereocenters. The lowest BCUT2D eigenvalue weighted by Crippen LogP contribution is -2.36. The standard InChI is InChI=1S/C17H25N3O4S/c1-12-10-13(16(18)22)15(11-14(12)19-25(23,24)9-8-21)20-6-4-17(2-3-17)5-7-20/h10-11,19,21H,2-9H2,1H3,(H2,18,22).